The fourth-order valence-electron chi connectivity index (χ4n) is 6.11. The Labute approximate surface area is 209 Å². The van der Waals surface area contributed by atoms with Gasteiger partial charge in [-0.2, -0.15) is 0 Å². The van der Waals surface area contributed by atoms with Crippen molar-refractivity contribution in [1.82, 2.24) is 14.9 Å². The zero-order valence-electron chi connectivity index (χ0n) is 20.0. The summed E-state index contributed by atoms with van der Waals surface area (Å²) in [6, 6.07) is 2.35. The molecule has 1 aliphatic carbocycles. The van der Waals surface area contributed by atoms with Crippen molar-refractivity contribution in [2.45, 2.75) is 57.9 Å². The van der Waals surface area contributed by atoms with E-state index >= 15 is 0 Å². The van der Waals surface area contributed by atoms with Gasteiger partial charge in [0.1, 0.15) is 12.4 Å². The molecule has 10 nitrogen and oxygen atoms in total. The number of esters is 1. The Bertz CT molecular complexity index is 1630. The molecule has 6 rings (SSSR count). The normalized spacial score (nSPS) is 21.1. The molecule has 2 N–H and O–H groups in total. The van der Waals surface area contributed by atoms with Gasteiger partial charge in [0.15, 0.2) is 0 Å². The van der Waals surface area contributed by atoms with Crippen LogP contribution >= 0.6 is 0 Å². The molecule has 11 heteroatoms. The number of hydrogen-bond acceptors (Lipinski definition) is 7. The minimum atomic E-state index is -1.78. The van der Waals surface area contributed by atoms with E-state index in [1.807, 2.05) is 0 Å². The first-order valence-electron chi connectivity index (χ1n) is 11.9. The Kier molecular flexibility index (Phi) is 4.91. The molecule has 0 saturated carbocycles. The first kappa shape index (κ1) is 23.1. The number of cyclic esters (lactones) is 1. The minimum absolute atomic E-state index is 0.0438. The maximum atomic E-state index is 14.9. The molecular weight excluding hydrogens is 485 g/mol. The summed E-state index contributed by atoms with van der Waals surface area (Å²) in [5.74, 6) is -1.19. The molecule has 2 atom stereocenters. The minimum Gasteiger partial charge on any atom is -0.465 e. The predicted molar refractivity (Wildman–Crippen MR) is 126 cm³/mol. The van der Waals surface area contributed by atoms with Crippen LogP contribution in [0.5, 0.6) is 0 Å². The SMILES string of the molecule is CC[C@@]1(OC=O)C(=O)OCc2c1cc1n(c2=O)Cc2c-1nc1cc(F)c(C)c3c1c2[C@@H](NC(=O)O)CC3. The van der Waals surface area contributed by atoms with Crippen LogP contribution in [0.25, 0.3) is 22.3 Å². The summed E-state index contributed by atoms with van der Waals surface area (Å²) in [6.07, 6.45) is -0.252. The first-order chi connectivity index (χ1) is 17.7. The molecule has 3 aliphatic rings. The second-order valence-electron chi connectivity index (χ2n) is 9.53. The smallest absolute Gasteiger partial charge is 0.405 e. The number of hydrogen-bond donors (Lipinski definition) is 2. The molecular formula is C26H22FN3O7. The number of nitrogens with one attached hydrogen (secondary N) is 1. The quantitative estimate of drug-likeness (QED) is 0.318. The Balaban J connectivity index is 1.68. The molecule has 0 fully saturated rings. The van der Waals surface area contributed by atoms with Gasteiger partial charge in [-0.3, -0.25) is 9.59 Å². The molecule has 0 saturated heterocycles. The third kappa shape index (κ3) is 3.00. The van der Waals surface area contributed by atoms with Crippen LogP contribution in [0.3, 0.4) is 0 Å². The van der Waals surface area contributed by atoms with Crippen LogP contribution in [0.15, 0.2) is 16.9 Å². The number of pyridine rings is 2. The van der Waals surface area contributed by atoms with E-state index in [4.69, 9.17) is 14.5 Å². The van der Waals surface area contributed by atoms with E-state index in [0.29, 0.717) is 51.8 Å². The number of aryl methyl sites for hydroxylation is 1. The molecule has 0 bridgehead atoms. The van der Waals surface area contributed by atoms with Crippen LogP contribution in [-0.2, 0) is 44.2 Å². The van der Waals surface area contributed by atoms with Crippen LogP contribution < -0.4 is 10.9 Å². The Morgan fingerprint density at radius 2 is 2.14 bits per heavy atom. The van der Waals surface area contributed by atoms with Crippen molar-refractivity contribution in [2.24, 2.45) is 0 Å². The van der Waals surface area contributed by atoms with Crippen LogP contribution in [0.1, 0.15) is 59.2 Å². The van der Waals surface area contributed by atoms with Gasteiger partial charge in [-0.1, -0.05) is 6.92 Å². The lowest BCUT2D eigenvalue weighted by atomic mass is 9.81. The second kappa shape index (κ2) is 7.86. The summed E-state index contributed by atoms with van der Waals surface area (Å²) < 4.78 is 26.8. The number of carboxylic acid groups (broad SMARTS) is 1. The molecule has 3 aromatic rings. The molecule has 2 aromatic heterocycles. The van der Waals surface area contributed by atoms with E-state index < -0.39 is 35.1 Å². The lowest BCUT2D eigenvalue weighted by Gasteiger charge is -2.34. The monoisotopic (exact) mass is 507 g/mol. The zero-order valence-corrected chi connectivity index (χ0v) is 20.0. The summed E-state index contributed by atoms with van der Waals surface area (Å²) >= 11 is 0. The number of nitrogens with zero attached hydrogens (tertiary/aromatic N) is 2. The number of carbonyl (C=O) groups excluding carboxylic acids is 2. The number of carbonyl (C=O) groups is 3. The van der Waals surface area contributed by atoms with Crippen molar-refractivity contribution in [3.63, 3.8) is 0 Å². The predicted octanol–water partition coefficient (Wildman–Crippen LogP) is 2.96. The van der Waals surface area contributed by atoms with Crippen LogP contribution in [0, 0.1) is 12.7 Å². The van der Waals surface area contributed by atoms with Gasteiger partial charge in [-0.15, -0.1) is 0 Å². The van der Waals surface area contributed by atoms with Crippen molar-refractivity contribution < 1.29 is 33.4 Å². The maximum Gasteiger partial charge on any atom is 0.405 e. The van der Waals surface area contributed by atoms with Crippen LogP contribution in [0.4, 0.5) is 9.18 Å². The highest BCUT2D eigenvalue weighted by atomic mass is 19.1. The summed E-state index contributed by atoms with van der Waals surface area (Å²) in [5.41, 5.74) is 1.93. The van der Waals surface area contributed by atoms with Gasteiger partial charge in [0.2, 0.25) is 5.60 Å². The van der Waals surface area contributed by atoms with Crippen molar-refractivity contribution in [2.75, 3.05) is 0 Å². The molecule has 2 aliphatic heterocycles. The number of fused-ring (bicyclic) bond motifs is 5. The molecule has 37 heavy (non-hydrogen) atoms. The third-order valence-electron chi connectivity index (χ3n) is 7.89. The third-order valence-corrected chi connectivity index (χ3v) is 7.89. The largest absolute Gasteiger partial charge is 0.465 e. The number of amides is 1. The highest BCUT2D eigenvalue weighted by molar-refractivity contribution is 5.93. The van der Waals surface area contributed by atoms with Gasteiger partial charge < -0.3 is 24.5 Å². The molecule has 1 aromatic carbocycles. The number of halogens is 1. The Hall–Kier alpha value is -4.28. The van der Waals surface area contributed by atoms with Crippen LogP contribution in [0.2, 0.25) is 0 Å². The number of benzene rings is 1. The zero-order chi connectivity index (χ0) is 26.2. The van der Waals surface area contributed by atoms with Crippen molar-refractivity contribution in [3.8, 4) is 11.4 Å². The highest BCUT2D eigenvalue weighted by Gasteiger charge is 2.49. The molecule has 0 spiro atoms. The fraction of sp³-hybridized carbons (Fsp3) is 0.346. The lowest BCUT2D eigenvalue weighted by Crippen LogP contribution is -2.46. The summed E-state index contributed by atoms with van der Waals surface area (Å²) in [7, 11) is 0. The van der Waals surface area contributed by atoms with Gasteiger partial charge in [0.25, 0.3) is 12.0 Å². The topological polar surface area (TPSA) is 137 Å². The molecule has 0 radical (unpaired) electrons. The number of ether oxygens (including phenoxy) is 2. The van der Waals surface area contributed by atoms with Gasteiger partial charge in [0, 0.05) is 22.6 Å². The van der Waals surface area contributed by atoms with Gasteiger partial charge >= 0.3 is 12.1 Å². The van der Waals surface area contributed by atoms with Crippen LogP contribution in [-0.4, -0.2) is 33.2 Å². The van der Waals surface area contributed by atoms with Crippen molar-refractivity contribution >= 4 is 29.4 Å². The van der Waals surface area contributed by atoms with Gasteiger partial charge in [-0.05, 0) is 48.9 Å². The fourth-order valence-corrected chi connectivity index (χ4v) is 6.11. The molecule has 1 amide bonds. The van der Waals surface area contributed by atoms with Crippen molar-refractivity contribution in [1.29, 1.82) is 0 Å². The van der Waals surface area contributed by atoms with E-state index in [1.165, 1.54) is 10.6 Å². The second-order valence-corrected chi connectivity index (χ2v) is 9.53. The highest BCUT2D eigenvalue weighted by Crippen LogP contribution is 2.46. The maximum absolute atomic E-state index is 14.9. The average molecular weight is 507 g/mol. The summed E-state index contributed by atoms with van der Waals surface area (Å²) in [4.78, 5) is 54.1. The van der Waals surface area contributed by atoms with Gasteiger partial charge in [-0.25, -0.2) is 19.0 Å². The van der Waals surface area contributed by atoms with E-state index in [-0.39, 0.29) is 37.2 Å². The Morgan fingerprint density at radius 1 is 1.35 bits per heavy atom. The van der Waals surface area contributed by atoms with E-state index in [9.17, 15) is 28.7 Å². The summed E-state index contributed by atoms with van der Waals surface area (Å²) in [6.45, 7) is 3.33. The van der Waals surface area contributed by atoms with E-state index in [2.05, 4.69) is 5.32 Å². The van der Waals surface area contributed by atoms with Gasteiger partial charge in [0.05, 0.1) is 35.1 Å². The molecule has 0 unspecified atom stereocenters. The Morgan fingerprint density at radius 3 is 2.84 bits per heavy atom. The lowest BCUT2D eigenvalue weighted by molar-refractivity contribution is -0.182. The molecule has 4 heterocycles. The number of aromatic nitrogens is 2. The standard InChI is InChI=1S/C26H22FN3O7/c1-3-26(37-10-31)15-6-19-22-13(8-30(19)23(32)14(15)9-36-24(26)33)21-17(29-25(34)35)5-4-12-11(2)16(27)7-18(28-22)20(12)21/h6-7,10,17,29H,3-5,8-9H2,1-2H3,(H,34,35)/t17-,26-/m0/s1. The van der Waals surface area contributed by atoms with E-state index in [1.54, 1.807) is 19.9 Å². The molecule has 190 valence electrons. The van der Waals surface area contributed by atoms with Crippen molar-refractivity contribution in [3.05, 3.63) is 61.7 Å². The van der Waals surface area contributed by atoms with E-state index in [0.717, 1.165) is 5.56 Å². The average Bonchev–Trinajstić information content (AvgIpc) is 3.23. The number of rotatable bonds is 4. The summed E-state index contributed by atoms with van der Waals surface area (Å²) in [5, 5.41) is 12.8. The first-order valence-corrected chi connectivity index (χ1v) is 11.9.